The van der Waals surface area contributed by atoms with Gasteiger partial charge in [-0.3, -0.25) is 0 Å². The maximum absolute atomic E-state index is 7.36. The third-order valence-corrected chi connectivity index (χ3v) is 25.8. The summed E-state index contributed by atoms with van der Waals surface area (Å²) in [6.07, 6.45) is 0. The van der Waals surface area contributed by atoms with Gasteiger partial charge in [-0.15, -0.1) is 0 Å². The predicted molar refractivity (Wildman–Crippen MR) is 500 cm³/mol. The van der Waals surface area contributed by atoms with Crippen LogP contribution < -0.4 is 9.47 Å². The highest BCUT2D eigenvalue weighted by atomic mass is 16.5. The monoisotopic (exact) mass is 1590 g/mol. The van der Waals surface area contributed by atoms with E-state index >= 15 is 0 Å². The van der Waals surface area contributed by atoms with Crippen LogP contribution in [0.15, 0.2) is 429 Å². The van der Waals surface area contributed by atoms with Gasteiger partial charge in [0.15, 0.2) is 34.9 Å². The molecule has 0 radical (unpaired) electrons. The lowest BCUT2D eigenvalue weighted by Gasteiger charge is -2.40. The van der Waals surface area contributed by atoms with Crippen molar-refractivity contribution in [2.45, 2.75) is 10.8 Å². The summed E-state index contributed by atoms with van der Waals surface area (Å²) < 4.78 is 21.5. The molecule has 25 rings (SSSR count). The number of aromatic nitrogens is 6. The smallest absolute Gasteiger partial charge is 0.164 e. The molecule has 4 aliphatic rings. The Kier molecular flexibility index (Phi) is 16.3. The quantitative estimate of drug-likeness (QED) is 0.118. The Balaban J connectivity index is 0.578. The van der Waals surface area contributed by atoms with Crippen molar-refractivity contribution in [2.75, 3.05) is 0 Å². The van der Waals surface area contributed by atoms with E-state index < -0.39 is 10.8 Å². The van der Waals surface area contributed by atoms with Crippen molar-refractivity contribution >= 4 is 21.9 Å². The van der Waals surface area contributed by atoms with Gasteiger partial charge in [-0.25, -0.2) is 29.9 Å². The minimum Gasteiger partial charge on any atom is -0.456 e. The van der Waals surface area contributed by atoms with E-state index in [1.165, 1.54) is 33.4 Å². The van der Waals surface area contributed by atoms with Crippen LogP contribution in [0.25, 0.3) is 179 Å². The van der Waals surface area contributed by atoms with Crippen molar-refractivity contribution < 1.29 is 13.9 Å². The molecule has 1 unspecified atom stereocenters. The zero-order valence-electron chi connectivity index (χ0n) is 67.3. The first-order valence-corrected chi connectivity index (χ1v) is 42.3. The highest BCUT2D eigenvalue weighted by Gasteiger charge is 2.54. The van der Waals surface area contributed by atoms with E-state index in [1.807, 2.05) is 36.4 Å². The first-order chi connectivity index (χ1) is 61.9. The summed E-state index contributed by atoms with van der Waals surface area (Å²) >= 11 is 0. The van der Waals surface area contributed by atoms with E-state index in [0.29, 0.717) is 34.9 Å². The van der Waals surface area contributed by atoms with Crippen molar-refractivity contribution in [1.29, 1.82) is 0 Å². The number of para-hydroxylation sites is 5. The molecule has 2 aliphatic carbocycles. The second kappa shape index (κ2) is 28.5. The van der Waals surface area contributed by atoms with Gasteiger partial charge in [0.2, 0.25) is 0 Å². The van der Waals surface area contributed by atoms with Crippen molar-refractivity contribution in [3.63, 3.8) is 0 Å². The zero-order chi connectivity index (χ0) is 82.3. The van der Waals surface area contributed by atoms with Crippen LogP contribution >= 0.6 is 0 Å². The number of fused-ring (bicyclic) bond motifs is 21. The Hall–Kier alpha value is -16.6. The molecule has 2 spiro atoms. The number of furan rings is 1. The molecule has 0 N–H and O–H groups in total. The molecule has 2 aliphatic heterocycles. The highest BCUT2D eigenvalue weighted by Crippen LogP contribution is 2.66. The Morgan fingerprint density at radius 2 is 0.496 bits per heavy atom. The second-order valence-electron chi connectivity index (χ2n) is 32.5. The average molecular weight is 1600 g/mol. The molecule has 3 aromatic heterocycles. The summed E-state index contributed by atoms with van der Waals surface area (Å²) in [6.45, 7) is 0. The molecular formula is C116H70N6O3. The molecule has 1 atom stereocenters. The summed E-state index contributed by atoms with van der Waals surface area (Å²) in [5.41, 5.74) is 31.9. The average Bonchev–Trinajstić information content (AvgIpc) is 1.55. The van der Waals surface area contributed by atoms with Gasteiger partial charge >= 0.3 is 0 Å². The molecule has 5 heterocycles. The first-order valence-electron chi connectivity index (χ1n) is 42.3. The summed E-state index contributed by atoms with van der Waals surface area (Å²) in [6, 6.07) is 151. The Morgan fingerprint density at radius 1 is 0.176 bits per heavy atom. The standard InChI is InChI=1S/C116H70N6O3/c1-4-27-71(28-5-1)80-33-22-35-82(67-80)113-120-112(121-114(122-113)83-36-23-34-81(68-83)72-29-6-2-7-30-72)78-63-57-74(58-64-78)87-43-26-51-101-108(87)125-104-54-21-18-48-98(104)116(101)96-46-16-12-40-91(96)105-85(41-24-49-99(105)116)84-69-92(106-93(70-84)90-39-13-19-52-102(90)123-106)75-59-65-79(66-60-75)111-118-109(76-31-8-3-9-32-76)117-110(119-111)77-61-55-73(56-62-77)86-42-25-50-100-107(86)124-103-53-20-17-47-97(103)115(100)94-44-14-10-37-88(94)89-38-11-15-45-95(89)115/h1-70H. The van der Waals surface area contributed by atoms with Gasteiger partial charge in [0, 0.05) is 83.1 Å². The largest absolute Gasteiger partial charge is 0.456 e. The fourth-order valence-corrected chi connectivity index (χ4v) is 20.2. The number of rotatable bonds is 12. The third-order valence-electron chi connectivity index (χ3n) is 25.8. The predicted octanol–water partition coefficient (Wildman–Crippen LogP) is 28.9. The van der Waals surface area contributed by atoms with E-state index in [2.05, 4.69) is 388 Å². The van der Waals surface area contributed by atoms with Crippen LogP contribution in [-0.4, -0.2) is 29.9 Å². The molecule has 9 nitrogen and oxygen atoms in total. The van der Waals surface area contributed by atoms with Gasteiger partial charge in [-0.05, 0) is 137 Å². The number of benzene rings is 18. The van der Waals surface area contributed by atoms with Crippen LogP contribution in [0, 0.1) is 0 Å². The summed E-state index contributed by atoms with van der Waals surface area (Å²) in [5, 5.41) is 2.06. The number of nitrogens with zero attached hydrogens (tertiary/aromatic N) is 6. The van der Waals surface area contributed by atoms with E-state index in [4.69, 9.17) is 43.8 Å². The second-order valence-corrected chi connectivity index (χ2v) is 32.5. The van der Waals surface area contributed by atoms with Gasteiger partial charge in [0.25, 0.3) is 0 Å². The lowest BCUT2D eigenvalue weighted by Crippen LogP contribution is -2.32. The molecular weight excluding hydrogens is 1530 g/mol. The molecule has 21 aromatic rings. The van der Waals surface area contributed by atoms with Gasteiger partial charge in [0.05, 0.1) is 10.8 Å². The molecule has 125 heavy (non-hydrogen) atoms. The van der Waals surface area contributed by atoms with Crippen LogP contribution in [0.2, 0.25) is 0 Å². The minimum absolute atomic E-state index is 0.552. The summed E-state index contributed by atoms with van der Waals surface area (Å²) in [5.74, 6) is 6.70. The fourth-order valence-electron chi connectivity index (χ4n) is 20.2. The van der Waals surface area contributed by atoms with Crippen molar-refractivity contribution in [2.24, 2.45) is 0 Å². The maximum atomic E-state index is 7.36. The molecule has 0 bridgehead atoms. The minimum atomic E-state index is -0.799. The van der Waals surface area contributed by atoms with Crippen LogP contribution in [0.1, 0.15) is 44.5 Å². The molecule has 0 saturated heterocycles. The molecule has 9 heteroatoms. The van der Waals surface area contributed by atoms with E-state index in [9.17, 15) is 0 Å². The fraction of sp³-hybridized carbons (Fsp3) is 0.0172. The maximum Gasteiger partial charge on any atom is 0.164 e. The van der Waals surface area contributed by atoms with Gasteiger partial charge in [-0.2, -0.15) is 0 Å². The number of ether oxygens (including phenoxy) is 2. The lowest BCUT2D eigenvalue weighted by atomic mass is 9.65. The SMILES string of the molecule is c1ccc(-c2cccc(-c3nc(-c4ccc(-c5cccc6c5Oc5ccccc5C65c6ccccc6-c6c(-c7cc(-c8ccc(-c9nc(-c%10ccccc%10)nc(-c%10ccc(-c%11cccc%12c%11Oc%11ccccc%11C%12%11c%12ccccc%12-c%12ccccc%12%11)cc%10)n9)cc8)c8oc9ccccc9c8c7)cccc65)cc4)nc(-c4cccc(-c5ccccc5)c4)n3)c2)cc1. The van der Waals surface area contributed by atoms with E-state index in [-0.39, 0.29) is 0 Å². The first kappa shape index (κ1) is 71.3. The molecule has 582 valence electrons. The number of hydrogen-bond donors (Lipinski definition) is 0. The summed E-state index contributed by atoms with van der Waals surface area (Å²) in [7, 11) is 0. The highest BCUT2D eigenvalue weighted by molar-refractivity contribution is 6.12. The Bertz CT molecular complexity index is 7820. The molecule has 0 amide bonds. The van der Waals surface area contributed by atoms with Gasteiger partial charge in [-0.1, -0.05) is 382 Å². The van der Waals surface area contributed by atoms with Crippen LogP contribution in [0.5, 0.6) is 23.0 Å². The Labute approximate surface area is 721 Å². The van der Waals surface area contributed by atoms with E-state index in [0.717, 1.165) is 178 Å². The molecule has 18 aromatic carbocycles. The topological polar surface area (TPSA) is 109 Å². The van der Waals surface area contributed by atoms with Crippen molar-refractivity contribution in [1.82, 2.24) is 29.9 Å². The van der Waals surface area contributed by atoms with Crippen LogP contribution in [0.4, 0.5) is 0 Å². The normalized spacial score (nSPS) is 13.8. The van der Waals surface area contributed by atoms with Crippen molar-refractivity contribution in [3.8, 4) is 180 Å². The third kappa shape index (κ3) is 11.3. The van der Waals surface area contributed by atoms with Crippen LogP contribution in [0.3, 0.4) is 0 Å². The van der Waals surface area contributed by atoms with Gasteiger partial charge in [0.1, 0.15) is 34.2 Å². The zero-order valence-corrected chi connectivity index (χ0v) is 67.3. The molecule has 0 saturated carbocycles. The summed E-state index contributed by atoms with van der Waals surface area (Å²) in [4.78, 5) is 31.6. The lowest BCUT2D eigenvalue weighted by molar-refractivity contribution is 0.438. The van der Waals surface area contributed by atoms with Gasteiger partial charge < -0.3 is 13.9 Å². The van der Waals surface area contributed by atoms with E-state index in [1.54, 1.807) is 0 Å². The molecule has 0 fully saturated rings. The van der Waals surface area contributed by atoms with Crippen LogP contribution in [-0.2, 0) is 10.8 Å². The Morgan fingerprint density at radius 3 is 0.984 bits per heavy atom. The van der Waals surface area contributed by atoms with Crippen molar-refractivity contribution in [3.05, 3.63) is 469 Å². The number of hydrogen-bond acceptors (Lipinski definition) is 9.